The van der Waals surface area contributed by atoms with Gasteiger partial charge in [-0.1, -0.05) is 36.9 Å². The van der Waals surface area contributed by atoms with E-state index in [1.807, 2.05) is 29.8 Å². The van der Waals surface area contributed by atoms with Crippen LogP contribution in [0.3, 0.4) is 0 Å². The largest absolute Gasteiger partial charge is 0.375 e. The normalized spacial score (nSPS) is 17.4. The first-order valence-electron chi connectivity index (χ1n) is 7.95. The van der Waals surface area contributed by atoms with Gasteiger partial charge in [0.05, 0.1) is 12.1 Å². The Kier molecular flexibility index (Phi) is 4.62. The summed E-state index contributed by atoms with van der Waals surface area (Å²) in [5.74, 6) is 0.892. The van der Waals surface area contributed by atoms with Gasteiger partial charge in [0.15, 0.2) is 5.82 Å². The Balaban J connectivity index is 1.76. The Labute approximate surface area is 136 Å². The molecule has 0 aliphatic heterocycles. The summed E-state index contributed by atoms with van der Waals surface area (Å²) in [5.41, 5.74) is 2.06. The van der Waals surface area contributed by atoms with Crippen LogP contribution >= 0.6 is 11.6 Å². The molecule has 1 aliphatic rings. The van der Waals surface area contributed by atoms with Crippen LogP contribution in [-0.4, -0.2) is 20.2 Å². The van der Waals surface area contributed by atoms with Crippen molar-refractivity contribution in [1.82, 2.24) is 20.2 Å². The van der Waals surface area contributed by atoms with Crippen LogP contribution in [0.4, 0.5) is 5.69 Å². The van der Waals surface area contributed by atoms with Crippen molar-refractivity contribution in [3.05, 3.63) is 34.6 Å². The fraction of sp³-hybridized carbons (Fsp3) is 0.562. The first-order valence-corrected chi connectivity index (χ1v) is 8.33. The van der Waals surface area contributed by atoms with Crippen LogP contribution in [0.25, 0.3) is 0 Å². The topological polar surface area (TPSA) is 55.6 Å². The molecule has 0 spiro atoms. The van der Waals surface area contributed by atoms with Crippen molar-refractivity contribution in [3.63, 3.8) is 0 Å². The fourth-order valence-electron chi connectivity index (χ4n) is 3.07. The van der Waals surface area contributed by atoms with Crippen LogP contribution in [0, 0.1) is 6.92 Å². The van der Waals surface area contributed by atoms with E-state index in [4.69, 9.17) is 11.6 Å². The molecule has 1 unspecified atom stereocenters. The fourth-order valence-corrected chi connectivity index (χ4v) is 3.25. The molecule has 1 N–H and O–H groups in total. The Bertz CT molecular complexity index is 633. The Morgan fingerprint density at radius 3 is 2.77 bits per heavy atom. The summed E-state index contributed by atoms with van der Waals surface area (Å²) in [5, 5.41) is 16.6. The SMILES string of the molecule is Cc1ccc(NC(C)c2nnnn2C2CCCCC2)cc1Cl. The summed E-state index contributed by atoms with van der Waals surface area (Å²) in [6, 6.07) is 6.47. The van der Waals surface area contributed by atoms with E-state index in [2.05, 4.69) is 27.8 Å². The molecule has 1 aromatic heterocycles. The molecule has 3 rings (SSSR count). The van der Waals surface area contributed by atoms with Gasteiger partial charge in [0.1, 0.15) is 0 Å². The standard InChI is InChI=1S/C16H22ClN5/c1-11-8-9-13(10-15(11)17)18-12(2)16-19-20-21-22(16)14-6-4-3-5-7-14/h8-10,12,14,18H,3-7H2,1-2H3. The van der Waals surface area contributed by atoms with Crippen molar-refractivity contribution in [3.8, 4) is 0 Å². The molecule has 1 aliphatic carbocycles. The number of tetrazole rings is 1. The molecule has 118 valence electrons. The lowest BCUT2D eigenvalue weighted by Crippen LogP contribution is -2.20. The first-order chi connectivity index (χ1) is 10.6. The molecule has 1 atom stereocenters. The van der Waals surface area contributed by atoms with Crippen LogP contribution in [0.1, 0.15) is 62.5 Å². The number of hydrogen-bond acceptors (Lipinski definition) is 4. The molecule has 1 saturated carbocycles. The average molecular weight is 320 g/mol. The number of nitrogens with one attached hydrogen (secondary N) is 1. The number of aromatic nitrogens is 4. The molecule has 1 aromatic carbocycles. The third-order valence-corrected chi connectivity index (χ3v) is 4.79. The van der Waals surface area contributed by atoms with E-state index in [1.54, 1.807) is 0 Å². The summed E-state index contributed by atoms with van der Waals surface area (Å²) in [4.78, 5) is 0. The number of aryl methyl sites for hydroxylation is 1. The van der Waals surface area contributed by atoms with Crippen molar-refractivity contribution in [1.29, 1.82) is 0 Å². The zero-order valence-electron chi connectivity index (χ0n) is 13.1. The summed E-state index contributed by atoms with van der Waals surface area (Å²) in [6.07, 6.45) is 6.19. The highest BCUT2D eigenvalue weighted by molar-refractivity contribution is 6.31. The molecule has 1 fully saturated rings. The third-order valence-electron chi connectivity index (χ3n) is 4.38. The van der Waals surface area contributed by atoms with Gasteiger partial charge in [-0.05, 0) is 54.8 Å². The molecule has 1 heterocycles. The van der Waals surface area contributed by atoms with Gasteiger partial charge in [-0.3, -0.25) is 0 Å². The maximum atomic E-state index is 6.19. The lowest BCUT2D eigenvalue weighted by Gasteiger charge is -2.24. The van der Waals surface area contributed by atoms with Gasteiger partial charge in [0, 0.05) is 10.7 Å². The molecule has 0 bridgehead atoms. The predicted octanol–water partition coefficient (Wildman–Crippen LogP) is 4.31. The van der Waals surface area contributed by atoms with E-state index in [0.29, 0.717) is 6.04 Å². The smallest absolute Gasteiger partial charge is 0.173 e. The third kappa shape index (κ3) is 3.24. The van der Waals surface area contributed by atoms with E-state index in [1.165, 1.54) is 32.1 Å². The number of anilines is 1. The van der Waals surface area contributed by atoms with Gasteiger partial charge in [-0.15, -0.1) is 5.10 Å². The zero-order valence-corrected chi connectivity index (χ0v) is 13.8. The monoisotopic (exact) mass is 319 g/mol. The number of halogens is 1. The van der Waals surface area contributed by atoms with E-state index in [9.17, 15) is 0 Å². The molecule has 0 saturated heterocycles. The van der Waals surface area contributed by atoms with Crippen molar-refractivity contribution in [2.24, 2.45) is 0 Å². The number of rotatable bonds is 4. The lowest BCUT2D eigenvalue weighted by atomic mass is 9.95. The highest BCUT2D eigenvalue weighted by Crippen LogP contribution is 2.30. The van der Waals surface area contributed by atoms with E-state index in [-0.39, 0.29) is 6.04 Å². The van der Waals surface area contributed by atoms with Gasteiger partial charge in [0.25, 0.3) is 0 Å². The second-order valence-corrected chi connectivity index (χ2v) is 6.51. The average Bonchev–Trinajstić information content (AvgIpc) is 3.01. The van der Waals surface area contributed by atoms with Gasteiger partial charge < -0.3 is 5.32 Å². The minimum Gasteiger partial charge on any atom is -0.375 e. The van der Waals surface area contributed by atoms with Crippen LogP contribution in [0.2, 0.25) is 5.02 Å². The van der Waals surface area contributed by atoms with Gasteiger partial charge in [-0.25, -0.2) is 4.68 Å². The summed E-state index contributed by atoms with van der Waals surface area (Å²) in [6.45, 7) is 4.08. The second kappa shape index (κ2) is 6.65. The van der Waals surface area contributed by atoms with Crippen molar-refractivity contribution < 1.29 is 0 Å². The summed E-state index contributed by atoms with van der Waals surface area (Å²) >= 11 is 6.19. The van der Waals surface area contributed by atoms with Crippen LogP contribution in [0.5, 0.6) is 0 Å². The molecule has 22 heavy (non-hydrogen) atoms. The van der Waals surface area contributed by atoms with Crippen LogP contribution in [0.15, 0.2) is 18.2 Å². The van der Waals surface area contributed by atoms with Crippen LogP contribution < -0.4 is 5.32 Å². The first kappa shape index (κ1) is 15.3. The Hall–Kier alpha value is -1.62. The molecule has 0 amide bonds. The molecular formula is C16H22ClN5. The zero-order chi connectivity index (χ0) is 15.5. The minimum absolute atomic E-state index is 0.0377. The van der Waals surface area contributed by atoms with E-state index >= 15 is 0 Å². The van der Waals surface area contributed by atoms with Crippen molar-refractivity contribution in [2.75, 3.05) is 5.32 Å². The number of hydrogen-bond donors (Lipinski definition) is 1. The highest BCUT2D eigenvalue weighted by Gasteiger charge is 2.23. The van der Waals surface area contributed by atoms with Crippen molar-refractivity contribution in [2.45, 2.75) is 58.0 Å². The summed E-state index contributed by atoms with van der Waals surface area (Å²) < 4.78 is 2.01. The number of benzene rings is 1. The van der Waals surface area contributed by atoms with Gasteiger partial charge in [-0.2, -0.15) is 0 Å². The lowest BCUT2D eigenvalue weighted by molar-refractivity contribution is 0.314. The Morgan fingerprint density at radius 2 is 2.05 bits per heavy atom. The minimum atomic E-state index is 0.0377. The van der Waals surface area contributed by atoms with Crippen LogP contribution in [-0.2, 0) is 0 Å². The molecule has 6 heteroatoms. The maximum Gasteiger partial charge on any atom is 0.173 e. The second-order valence-electron chi connectivity index (χ2n) is 6.10. The molecule has 0 radical (unpaired) electrons. The van der Waals surface area contributed by atoms with E-state index in [0.717, 1.165) is 22.1 Å². The van der Waals surface area contributed by atoms with E-state index < -0.39 is 0 Å². The quantitative estimate of drug-likeness (QED) is 0.912. The summed E-state index contributed by atoms with van der Waals surface area (Å²) in [7, 11) is 0. The number of nitrogens with zero attached hydrogens (tertiary/aromatic N) is 4. The molecule has 5 nitrogen and oxygen atoms in total. The molecular weight excluding hydrogens is 298 g/mol. The van der Waals surface area contributed by atoms with Gasteiger partial charge >= 0.3 is 0 Å². The maximum absolute atomic E-state index is 6.19. The Morgan fingerprint density at radius 1 is 1.27 bits per heavy atom. The van der Waals surface area contributed by atoms with Crippen molar-refractivity contribution >= 4 is 17.3 Å². The molecule has 2 aromatic rings. The predicted molar refractivity (Wildman–Crippen MR) is 88.2 cm³/mol. The van der Waals surface area contributed by atoms with Gasteiger partial charge in [0.2, 0.25) is 0 Å². The highest BCUT2D eigenvalue weighted by atomic mass is 35.5.